The molecular weight excluding hydrogens is 455 g/mol. The molecule has 2 aromatic rings. The summed E-state index contributed by atoms with van der Waals surface area (Å²) in [4.78, 5) is 23.4. The fourth-order valence-corrected chi connectivity index (χ4v) is 4.45. The molecule has 9 nitrogen and oxygen atoms in total. The number of sulfonamides is 1. The van der Waals surface area contributed by atoms with Gasteiger partial charge in [0, 0.05) is 0 Å². The second-order valence-corrected chi connectivity index (χ2v) is 9.67. The minimum absolute atomic E-state index is 0.0340. The zero-order valence-electron chi connectivity index (χ0n) is 14.5. The molecule has 1 heterocycles. The van der Waals surface area contributed by atoms with E-state index in [-0.39, 0.29) is 21.6 Å². The molecule has 0 radical (unpaired) electrons. The van der Waals surface area contributed by atoms with E-state index >= 15 is 0 Å². The number of nitrogens with zero attached hydrogens (tertiary/aromatic N) is 3. The molecule has 0 fully saturated rings. The Morgan fingerprint density at radius 1 is 1.39 bits per heavy atom. The molecule has 0 unspecified atom stereocenters. The van der Waals surface area contributed by atoms with Crippen LogP contribution in [0.3, 0.4) is 0 Å². The molecule has 1 aromatic carbocycles. The van der Waals surface area contributed by atoms with Gasteiger partial charge in [0.15, 0.2) is 4.34 Å². The largest absolute Gasteiger partial charge is 0.468 e. The monoisotopic (exact) mass is 468 g/mol. The van der Waals surface area contributed by atoms with Crippen LogP contribution in [0.15, 0.2) is 22.5 Å². The number of methoxy groups -OCH3 is 1. The topological polar surface area (TPSA) is 119 Å². The van der Waals surface area contributed by atoms with Crippen molar-refractivity contribution in [1.29, 1.82) is 0 Å². The lowest BCUT2D eigenvalue weighted by Crippen LogP contribution is -2.37. The van der Waals surface area contributed by atoms with E-state index in [1.165, 1.54) is 13.2 Å². The van der Waals surface area contributed by atoms with Crippen molar-refractivity contribution in [1.82, 2.24) is 10.2 Å². The van der Waals surface area contributed by atoms with Crippen LogP contribution in [0.1, 0.15) is 0 Å². The minimum atomic E-state index is -3.85. The number of esters is 1. The van der Waals surface area contributed by atoms with Crippen molar-refractivity contribution in [2.75, 3.05) is 35.3 Å². The number of nitrogens with one attached hydrogen (secondary N) is 1. The van der Waals surface area contributed by atoms with E-state index in [9.17, 15) is 22.4 Å². The summed E-state index contributed by atoms with van der Waals surface area (Å²) in [6.45, 7) is -0.578. The van der Waals surface area contributed by atoms with Gasteiger partial charge in [-0.15, -0.1) is 10.2 Å². The standard InChI is InChI=1S/C14H14ClFN4O5S3/c1-25-12(22)7-26-14-19-18-13(27-14)17-11(21)6-20(28(2,23)24)8-3-4-10(16)9(15)5-8/h3-5H,6-7H2,1-2H3,(H,17,18,21). The average Bonchev–Trinajstić information content (AvgIpc) is 3.06. The van der Waals surface area contributed by atoms with Gasteiger partial charge in [-0.05, 0) is 18.2 Å². The third kappa shape index (κ3) is 6.29. The summed E-state index contributed by atoms with van der Waals surface area (Å²) in [5.41, 5.74) is 0.0376. The van der Waals surface area contributed by atoms with Crippen molar-refractivity contribution in [2.24, 2.45) is 0 Å². The Hall–Kier alpha value is -1.96. The maximum Gasteiger partial charge on any atom is 0.316 e. The Morgan fingerprint density at radius 2 is 2.11 bits per heavy atom. The van der Waals surface area contributed by atoms with Gasteiger partial charge in [-0.1, -0.05) is 34.7 Å². The van der Waals surface area contributed by atoms with Crippen molar-refractivity contribution in [3.8, 4) is 0 Å². The molecule has 1 N–H and O–H groups in total. The maximum absolute atomic E-state index is 13.3. The van der Waals surface area contributed by atoms with Gasteiger partial charge in [0.2, 0.25) is 21.1 Å². The number of aromatic nitrogens is 2. The molecule has 2 rings (SSSR count). The first-order valence-corrected chi connectivity index (χ1v) is 11.4. The fourth-order valence-electron chi connectivity index (χ4n) is 1.83. The Bertz CT molecular complexity index is 985. The Kier molecular flexibility index (Phi) is 7.57. The third-order valence-corrected chi connectivity index (χ3v) is 6.45. The van der Waals surface area contributed by atoms with Crippen LogP contribution in [0.2, 0.25) is 5.02 Å². The predicted octanol–water partition coefficient (Wildman–Crippen LogP) is 2.00. The summed E-state index contributed by atoms with van der Waals surface area (Å²) in [5.74, 6) is -1.81. The van der Waals surface area contributed by atoms with Gasteiger partial charge in [0.25, 0.3) is 0 Å². The van der Waals surface area contributed by atoms with E-state index in [1.54, 1.807) is 0 Å². The van der Waals surface area contributed by atoms with Gasteiger partial charge in [0.05, 0.1) is 29.8 Å². The van der Waals surface area contributed by atoms with E-state index in [0.29, 0.717) is 4.34 Å². The van der Waals surface area contributed by atoms with Gasteiger partial charge >= 0.3 is 5.97 Å². The number of ether oxygens (including phenoxy) is 1. The van der Waals surface area contributed by atoms with Gasteiger partial charge in [-0.2, -0.15) is 0 Å². The van der Waals surface area contributed by atoms with Gasteiger partial charge in [-0.3, -0.25) is 19.2 Å². The first-order chi connectivity index (χ1) is 13.1. The molecule has 1 amide bonds. The molecule has 0 aliphatic heterocycles. The first kappa shape index (κ1) is 22.3. The fraction of sp³-hybridized carbons (Fsp3) is 0.286. The van der Waals surface area contributed by atoms with Crippen molar-refractivity contribution >= 4 is 67.4 Å². The van der Waals surface area contributed by atoms with Crippen LogP contribution in [0.4, 0.5) is 15.2 Å². The summed E-state index contributed by atoms with van der Waals surface area (Å²) in [6.07, 6.45) is 0.907. The summed E-state index contributed by atoms with van der Waals surface area (Å²) in [5, 5.41) is 9.83. The van der Waals surface area contributed by atoms with Crippen molar-refractivity contribution < 1.29 is 27.1 Å². The Balaban J connectivity index is 2.07. The highest BCUT2D eigenvalue weighted by Gasteiger charge is 2.22. The number of anilines is 2. The number of carbonyl (C=O) groups excluding carboxylic acids is 2. The molecule has 28 heavy (non-hydrogen) atoms. The molecule has 0 aliphatic carbocycles. The normalized spacial score (nSPS) is 11.1. The molecule has 0 bridgehead atoms. The second-order valence-electron chi connectivity index (χ2n) is 5.15. The van der Waals surface area contributed by atoms with Crippen molar-refractivity contribution in [2.45, 2.75) is 4.34 Å². The quantitative estimate of drug-likeness (QED) is 0.355. The molecule has 14 heteroatoms. The predicted molar refractivity (Wildman–Crippen MR) is 105 cm³/mol. The minimum Gasteiger partial charge on any atom is -0.468 e. The highest BCUT2D eigenvalue weighted by molar-refractivity contribution is 8.01. The lowest BCUT2D eigenvalue weighted by atomic mass is 10.3. The Labute approximate surface area is 173 Å². The van der Waals surface area contributed by atoms with Crippen LogP contribution in [-0.4, -0.2) is 56.2 Å². The second kappa shape index (κ2) is 9.49. The number of carbonyl (C=O) groups is 2. The number of amides is 1. The molecule has 0 aliphatic rings. The van der Waals surface area contributed by atoms with E-state index in [2.05, 4.69) is 20.3 Å². The highest BCUT2D eigenvalue weighted by atomic mass is 35.5. The van der Waals surface area contributed by atoms with Crippen LogP contribution >= 0.6 is 34.7 Å². The van der Waals surface area contributed by atoms with E-state index < -0.39 is 34.3 Å². The average molecular weight is 469 g/mol. The van der Waals surface area contributed by atoms with E-state index in [1.807, 2.05) is 0 Å². The van der Waals surface area contributed by atoms with Gasteiger partial charge in [0.1, 0.15) is 12.4 Å². The summed E-state index contributed by atoms with van der Waals surface area (Å²) < 4.78 is 43.1. The summed E-state index contributed by atoms with van der Waals surface area (Å²) in [7, 11) is -2.59. The number of benzene rings is 1. The number of rotatable bonds is 8. The molecule has 1 aromatic heterocycles. The van der Waals surface area contributed by atoms with E-state index in [0.717, 1.165) is 45.8 Å². The molecule has 0 saturated heterocycles. The molecular formula is C14H14ClFN4O5S3. The van der Waals surface area contributed by atoms with Crippen LogP contribution in [0.25, 0.3) is 0 Å². The van der Waals surface area contributed by atoms with Crippen LogP contribution < -0.4 is 9.62 Å². The van der Waals surface area contributed by atoms with Crippen molar-refractivity contribution in [3.63, 3.8) is 0 Å². The lowest BCUT2D eigenvalue weighted by molar-refractivity contribution is -0.137. The molecule has 152 valence electrons. The molecule has 0 spiro atoms. The highest BCUT2D eigenvalue weighted by Crippen LogP contribution is 2.26. The van der Waals surface area contributed by atoms with E-state index in [4.69, 9.17) is 11.6 Å². The number of halogens is 2. The van der Waals surface area contributed by atoms with Gasteiger partial charge < -0.3 is 4.74 Å². The smallest absolute Gasteiger partial charge is 0.316 e. The Morgan fingerprint density at radius 3 is 2.71 bits per heavy atom. The maximum atomic E-state index is 13.3. The lowest BCUT2D eigenvalue weighted by Gasteiger charge is -2.21. The number of thioether (sulfide) groups is 1. The summed E-state index contributed by atoms with van der Waals surface area (Å²) >= 11 is 7.78. The van der Waals surface area contributed by atoms with Gasteiger partial charge in [-0.25, -0.2) is 12.8 Å². The zero-order valence-corrected chi connectivity index (χ0v) is 17.7. The SMILES string of the molecule is COC(=O)CSc1nnc(NC(=O)CN(c2ccc(F)c(Cl)c2)S(C)(=O)=O)s1. The molecule has 0 saturated carbocycles. The first-order valence-electron chi connectivity index (χ1n) is 7.36. The van der Waals surface area contributed by atoms with Crippen LogP contribution in [0, 0.1) is 5.82 Å². The zero-order chi connectivity index (χ0) is 20.9. The van der Waals surface area contributed by atoms with Crippen molar-refractivity contribution in [3.05, 3.63) is 29.0 Å². The number of hydrogen-bond acceptors (Lipinski definition) is 9. The molecule has 0 atom stereocenters. The summed E-state index contributed by atoms with van der Waals surface area (Å²) in [6, 6.07) is 3.31. The van der Waals surface area contributed by atoms with Crippen LogP contribution in [-0.2, 0) is 24.3 Å². The third-order valence-electron chi connectivity index (χ3n) is 3.07. The number of hydrogen-bond donors (Lipinski definition) is 1. The van der Waals surface area contributed by atoms with Crippen LogP contribution in [0.5, 0.6) is 0 Å².